The Kier molecular flexibility index (Phi) is 6.05. The Labute approximate surface area is 193 Å². The predicted molar refractivity (Wildman–Crippen MR) is 119 cm³/mol. The van der Waals surface area contributed by atoms with Gasteiger partial charge >= 0.3 is 0 Å². The van der Waals surface area contributed by atoms with Crippen LogP contribution in [0.3, 0.4) is 0 Å². The highest BCUT2D eigenvalue weighted by Gasteiger charge is 2.46. The molecular weight excluding hydrogens is 444 g/mol. The summed E-state index contributed by atoms with van der Waals surface area (Å²) in [5.74, 6) is -0.957. The molecule has 1 atom stereocenters. The van der Waals surface area contributed by atoms with Crippen LogP contribution in [0.2, 0.25) is 0 Å². The fourth-order valence-electron chi connectivity index (χ4n) is 3.88. The van der Waals surface area contributed by atoms with E-state index in [0.29, 0.717) is 22.8 Å². The van der Waals surface area contributed by atoms with Crippen LogP contribution in [-0.4, -0.2) is 40.8 Å². The minimum absolute atomic E-state index is 0.0397. The lowest BCUT2D eigenvalue weighted by Crippen LogP contribution is -2.29. The maximum absolute atomic E-state index is 13.1. The van der Waals surface area contributed by atoms with Gasteiger partial charge in [-0.2, -0.15) is 0 Å². The molecule has 2 heterocycles. The van der Waals surface area contributed by atoms with Gasteiger partial charge in [0.05, 0.1) is 43.6 Å². The maximum atomic E-state index is 13.1. The van der Waals surface area contributed by atoms with E-state index in [4.69, 9.17) is 13.9 Å². The highest BCUT2D eigenvalue weighted by atomic mass is 16.6. The molecule has 10 nitrogen and oxygen atoms in total. The van der Waals surface area contributed by atoms with Crippen molar-refractivity contribution in [2.75, 3.05) is 14.2 Å². The van der Waals surface area contributed by atoms with E-state index < -0.39 is 28.4 Å². The Balaban J connectivity index is 1.87. The quantitative estimate of drug-likeness (QED) is 0.183. The van der Waals surface area contributed by atoms with E-state index in [-0.39, 0.29) is 23.4 Å². The maximum Gasteiger partial charge on any atom is 0.296 e. The van der Waals surface area contributed by atoms with E-state index in [1.807, 2.05) is 0 Å². The van der Waals surface area contributed by atoms with E-state index in [1.54, 1.807) is 18.2 Å². The van der Waals surface area contributed by atoms with E-state index in [2.05, 4.69) is 0 Å². The van der Waals surface area contributed by atoms with Crippen LogP contribution >= 0.6 is 0 Å². The zero-order valence-electron chi connectivity index (χ0n) is 18.3. The summed E-state index contributed by atoms with van der Waals surface area (Å²) in [6.45, 7) is -0.0397. The van der Waals surface area contributed by atoms with Crippen LogP contribution in [0.1, 0.15) is 22.9 Å². The van der Waals surface area contributed by atoms with Gasteiger partial charge in [0.25, 0.3) is 17.4 Å². The minimum atomic E-state index is -1.00. The van der Waals surface area contributed by atoms with Crippen molar-refractivity contribution in [2.24, 2.45) is 0 Å². The minimum Gasteiger partial charge on any atom is -0.507 e. The van der Waals surface area contributed by atoms with Crippen molar-refractivity contribution in [1.29, 1.82) is 0 Å². The second kappa shape index (κ2) is 9.10. The Morgan fingerprint density at radius 2 is 1.79 bits per heavy atom. The van der Waals surface area contributed by atoms with Crippen molar-refractivity contribution < 1.29 is 33.5 Å². The molecule has 1 aliphatic rings. The van der Waals surface area contributed by atoms with Crippen molar-refractivity contribution in [3.63, 3.8) is 0 Å². The first-order valence-electron chi connectivity index (χ1n) is 10.1. The molecule has 0 saturated carbocycles. The smallest absolute Gasteiger partial charge is 0.296 e. The molecule has 0 spiro atoms. The number of nitrogens with zero attached hydrogens (tertiary/aromatic N) is 2. The second-order valence-corrected chi connectivity index (χ2v) is 7.42. The van der Waals surface area contributed by atoms with E-state index in [0.717, 1.165) is 0 Å². The van der Waals surface area contributed by atoms with Crippen LogP contribution in [0.5, 0.6) is 11.5 Å². The SMILES string of the molecule is COc1ccc(C(O)=C2C(=O)C(=O)N(Cc3ccco3)[C@@H]2c2ccc([N+](=O)[O-])cc2)cc1OC. The standard InChI is InChI=1S/C24H20N2O8/c1-32-18-10-7-15(12-19(18)33-2)22(27)20-21(14-5-8-16(9-6-14)26(30)31)25(24(29)23(20)28)13-17-4-3-11-34-17/h3-12,21,27H,13H2,1-2H3/t21-/m1/s1. The third-order valence-corrected chi connectivity index (χ3v) is 5.52. The van der Waals surface area contributed by atoms with Gasteiger partial charge in [-0.1, -0.05) is 0 Å². The Hall–Kier alpha value is -4.60. The fourth-order valence-corrected chi connectivity index (χ4v) is 3.88. The molecule has 1 fully saturated rings. The number of ether oxygens (including phenoxy) is 2. The number of aliphatic hydroxyl groups excluding tert-OH is 1. The average Bonchev–Trinajstić information content (AvgIpc) is 3.45. The number of hydrogen-bond acceptors (Lipinski definition) is 8. The first kappa shape index (κ1) is 22.6. The monoisotopic (exact) mass is 464 g/mol. The molecule has 1 aliphatic heterocycles. The van der Waals surface area contributed by atoms with Crippen LogP contribution in [0.25, 0.3) is 5.76 Å². The van der Waals surface area contributed by atoms with Crippen LogP contribution in [0.4, 0.5) is 5.69 Å². The highest BCUT2D eigenvalue weighted by molar-refractivity contribution is 6.46. The van der Waals surface area contributed by atoms with Crippen molar-refractivity contribution in [3.05, 3.63) is 93.4 Å². The molecule has 2 aromatic carbocycles. The lowest BCUT2D eigenvalue weighted by molar-refractivity contribution is -0.384. The zero-order chi connectivity index (χ0) is 24.4. The van der Waals surface area contributed by atoms with Crippen molar-refractivity contribution in [1.82, 2.24) is 4.90 Å². The van der Waals surface area contributed by atoms with E-state index in [1.165, 1.54) is 61.8 Å². The van der Waals surface area contributed by atoms with Crippen LogP contribution in [0, 0.1) is 10.1 Å². The second-order valence-electron chi connectivity index (χ2n) is 7.42. The number of methoxy groups -OCH3 is 2. The predicted octanol–water partition coefficient (Wildman–Crippen LogP) is 3.83. The molecular formula is C24H20N2O8. The summed E-state index contributed by atoms with van der Waals surface area (Å²) in [5.41, 5.74) is 0.350. The lowest BCUT2D eigenvalue weighted by Gasteiger charge is -2.24. The van der Waals surface area contributed by atoms with Crippen molar-refractivity contribution in [2.45, 2.75) is 12.6 Å². The molecule has 0 aliphatic carbocycles. The largest absolute Gasteiger partial charge is 0.507 e. The molecule has 3 aromatic rings. The van der Waals surface area contributed by atoms with Gasteiger partial charge in [-0.3, -0.25) is 19.7 Å². The molecule has 0 bridgehead atoms. The molecule has 1 aromatic heterocycles. The molecule has 1 amide bonds. The number of furan rings is 1. The molecule has 0 unspecified atom stereocenters. The van der Waals surface area contributed by atoms with Gasteiger partial charge < -0.3 is 23.9 Å². The molecule has 1 N–H and O–H groups in total. The van der Waals surface area contributed by atoms with Gasteiger partial charge in [-0.05, 0) is 48.0 Å². The number of amides is 1. The number of Topliss-reactive ketones (excluding diaryl/α,β-unsaturated/α-hetero) is 1. The van der Waals surface area contributed by atoms with Crippen LogP contribution < -0.4 is 9.47 Å². The number of aliphatic hydroxyl groups is 1. The number of nitro benzene ring substituents is 1. The number of ketones is 1. The van der Waals surface area contributed by atoms with E-state index in [9.17, 15) is 24.8 Å². The number of nitro groups is 1. The first-order valence-corrected chi connectivity index (χ1v) is 10.1. The van der Waals surface area contributed by atoms with E-state index >= 15 is 0 Å². The van der Waals surface area contributed by atoms with Gasteiger partial charge in [-0.25, -0.2) is 0 Å². The Morgan fingerprint density at radius 1 is 1.09 bits per heavy atom. The fraction of sp³-hybridized carbons (Fsp3) is 0.167. The summed E-state index contributed by atoms with van der Waals surface area (Å²) >= 11 is 0. The normalized spacial score (nSPS) is 17.1. The van der Waals surface area contributed by atoms with Gasteiger partial charge in [0.2, 0.25) is 0 Å². The molecule has 34 heavy (non-hydrogen) atoms. The van der Waals surface area contributed by atoms with Crippen LogP contribution in [0.15, 0.2) is 70.9 Å². The van der Waals surface area contributed by atoms with Gasteiger partial charge in [0.15, 0.2) is 11.5 Å². The van der Waals surface area contributed by atoms with Gasteiger partial charge in [-0.15, -0.1) is 0 Å². The molecule has 4 rings (SSSR count). The number of benzene rings is 2. The van der Waals surface area contributed by atoms with Crippen molar-refractivity contribution >= 4 is 23.1 Å². The molecule has 174 valence electrons. The number of non-ortho nitro benzene ring substituents is 1. The topological polar surface area (TPSA) is 132 Å². The summed E-state index contributed by atoms with van der Waals surface area (Å²) in [6, 6.07) is 12.3. The Morgan fingerprint density at radius 3 is 2.38 bits per heavy atom. The summed E-state index contributed by atoms with van der Waals surface area (Å²) < 4.78 is 15.8. The number of carbonyl (C=O) groups is 2. The number of likely N-dealkylation sites (tertiary alicyclic amines) is 1. The molecule has 10 heteroatoms. The number of rotatable bonds is 7. The zero-order valence-corrected chi connectivity index (χ0v) is 18.3. The number of hydrogen-bond donors (Lipinski definition) is 1. The summed E-state index contributed by atoms with van der Waals surface area (Å²) in [6.07, 6.45) is 1.44. The van der Waals surface area contributed by atoms with Crippen LogP contribution in [-0.2, 0) is 16.1 Å². The molecule has 1 saturated heterocycles. The Bertz CT molecular complexity index is 1280. The summed E-state index contributed by atoms with van der Waals surface area (Å²) in [4.78, 5) is 37.9. The van der Waals surface area contributed by atoms with Gasteiger partial charge in [0, 0.05) is 17.7 Å². The molecule has 0 radical (unpaired) electrons. The third-order valence-electron chi connectivity index (χ3n) is 5.52. The lowest BCUT2D eigenvalue weighted by atomic mass is 9.95. The average molecular weight is 464 g/mol. The third kappa shape index (κ3) is 3.96. The summed E-state index contributed by atoms with van der Waals surface area (Å²) in [5, 5.41) is 22.2. The highest BCUT2D eigenvalue weighted by Crippen LogP contribution is 2.41. The first-order chi connectivity index (χ1) is 16.3. The summed E-state index contributed by atoms with van der Waals surface area (Å²) in [7, 11) is 2.90. The van der Waals surface area contributed by atoms with Crippen molar-refractivity contribution in [3.8, 4) is 11.5 Å². The number of carbonyl (C=O) groups excluding carboxylic acids is 2. The van der Waals surface area contributed by atoms with Gasteiger partial charge in [0.1, 0.15) is 11.5 Å².